The van der Waals surface area contributed by atoms with Gasteiger partial charge in [-0.15, -0.1) is 0 Å². The minimum atomic E-state index is -4.40. The number of phosphoric acid groups is 1. The number of nitrogens with two attached hydrogens (primary N) is 1. The quantitative estimate of drug-likeness (QED) is 0.0192. The Morgan fingerprint density at radius 1 is 0.700 bits per heavy atom. The lowest BCUT2D eigenvalue weighted by Crippen LogP contribution is -2.29. The Labute approximate surface area is 302 Å². The fourth-order valence-corrected chi connectivity index (χ4v) is 5.34. The lowest BCUT2D eigenvalue weighted by Gasteiger charge is -2.19. The van der Waals surface area contributed by atoms with Crippen molar-refractivity contribution >= 4 is 19.8 Å². The maximum absolute atomic E-state index is 12.5. The van der Waals surface area contributed by atoms with Gasteiger partial charge in [-0.3, -0.25) is 18.6 Å². The standard InChI is InChI=1S/C39H68NO9P/c1-3-5-7-9-11-12-13-14-18-22-26-30-38(42)46-34-37(35-48-50(44,45)47-33-32-40)49-39(43)31-27-23-19-16-15-17-21-25-29-36(41)28-24-20-10-8-6-4-2/h9,11,16-17,19-21,24-25,29,36-37,41H,3-8,10,12-15,18,22-23,26-28,30-35,40H2,1-2H3,(H,44,45)/b11-9-,19-16-,21-17-,24-20-,29-25+/t36-,37+/m0/s1. The predicted octanol–water partition coefficient (Wildman–Crippen LogP) is 9.13. The van der Waals surface area contributed by atoms with E-state index in [1.807, 2.05) is 36.5 Å². The monoisotopic (exact) mass is 725 g/mol. The molecule has 0 aliphatic heterocycles. The van der Waals surface area contributed by atoms with E-state index < -0.39 is 38.6 Å². The lowest BCUT2D eigenvalue weighted by atomic mass is 10.1. The van der Waals surface area contributed by atoms with Gasteiger partial charge in [0.1, 0.15) is 6.61 Å². The van der Waals surface area contributed by atoms with Crippen molar-refractivity contribution in [2.75, 3.05) is 26.4 Å². The molecule has 288 valence electrons. The number of hydrogen-bond acceptors (Lipinski definition) is 9. The van der Waals surface area contributed by atoms with Crippen molar-refractivity contribution in [1.29, 1.82) is 0 Å². The van der Waals surface area contributed by atoms with Gasteiger partial charge in [0.25, 0.3) is 0 Å². The van der Waals surface area contributed by atoms with E-state index in [9.17, 15) is 24.2 Å². The van der Waals surface area contributed by atoms with Crippen LogP contribution in [0.3, 0.4) is 0 Å². The first-order valence-corrected chi connectivity index (χ1v) is 20.4. The number of esters is 2. The molecule has 0 aromatic heterocycles. The van der Waals surface area contributed by atoms with E-state index in [1.54, 1.807) is 6.08 Å². The maximum atomic E-state index is 12.5. The Kier molecular flexibility index (Phi) is 33.5. The molecule has 0 aliphatic carbocycles. The highest BCUT2D eigenvalue weighted by atomic mass is 31.2. The molecule has 0 fully saturated rings. The fraction of sp³-hybridized carbons (Fsp3) is 0.692. The summed E-state index contributed by atoms with van der Waals surface area (Å²) < 4.78 is 32.5. The van der Waals surface area contributed by atoms with Crippen LogP contribution in [0.2, 0.25) is 0 Å². The van der Waals surface area contributed by atoms with Gasteiger partial charge in [-0.2, -0.15) is 0 Å². The number of allylic oxidation sites excluding steroid dienone is 8. The molecule has 10 nitrogen and oxygen atoms in total. The van der Waals surface area contributed by atoms with Crippen molar-refractivity contribution in [3.05, 3.63) is 60.8 Å². The van der Waals surface area contributed by atoms with Crippen molar-refractivity contribution in [3.63, 3.8) is 0 Å². The van der Waals surface area contributed by atoms with Gasteiger partial charge < -0.3 is 25.2 Å². The van der Waals surface area contributed by atoms with Gasteiger partial charge in [0.15, 0.2) is 6.10 Å². The zero-order valence-corrected chi connectivity index (χ0v) is 31.9. The van der Waals surface area contributed by atoms with Crippen LogP contribution in [0, 0.1) is 0 Å². The van der Waals surface area contributed by atoms with E-state index in [1.165, 1.54) is 32.1 Å². The molecule has 0 aromatic rings. The van der Waals surface area contributed by atoms with Crippen molar-refractivity contribution < 1.29 is 42.7 Å². The Balaban J connectivity index is 4.44. The Morgan fingerprint density at radius 3 is 2.06 bits per heavy atom. The van der Waals surface area contributed by atoms with Gasteiger partial charge in [-0.25, -0.2) is 4.57 Å². The van der Waals surface area contributed by atoms with Crippen LogP contribution < -0.4 is 5.73 Å². The van der Waals surface area contributed by atoms with Crippen molar-refractivity contribution in [2.45, 2.75) is 148 Å². The molecule has 0 rings (SSSR count). The fourth-order valence-electron chi connectivity index (χ4n) is 4.57. The number of phosphoric ester groups is 1. The van der Waals surface area contributed by atoms with E-state index >= 15 is 0 Å². The molecule has 0 radical (unpaired) electrons. The van der Waals surface area contributed by atoms with Crippen molar-refractivity contribution in [3.8, 4) is 0 Å². The van der Waals surface area contributed by atoms with Crippen LogP contribution in [0.1, 0.15) is 136 Å². The van der Waals surface area contributed by atoms with E-state index in [0.29, 0.717) is 25.7 Å². The van der Waals surface area contributed by atoms with Gasteiger partial charge in [0, 0.05) is 19.4 Å². The average molecular weight is 726 g/mol. The van der Waals surface area contributed by atoms with E-state index in [0.717, 1.165) is 51.4 Å². The minimum absolute atomic E-state index is 0.0311. The number of rotatable bonds is 34. The third-order valence-electron chi connectivity index (χ3n) is 7.46. The van der Waals surface area contributed by atoms with Gasteiger partial charge >= 0.3 is 19.8 Å². The van der Waals surface area contributed by atoms with Crippen LogP contribution in [-0.2, 0) is 32.7 Å². The van der Waals surface area contributed by atoms with Gasteiger partial charge in [-0.1, -0.05) is 120 Å². The van der Waals surface area contributed by atoms with E-state index in [-0.39, 0.29) is 32.6 Å². The van der Waals surface area contributed by atoms with E-state index in [4.69, 9.17) is 24.3 Å². The first-order valence-electron chi connectivity index (χ1n) is 18.9. The summed E-state index contributed by atoms with van der Waals surface area (Å²) in [5, 5.41) is 10.0. The first kappa shape index (κ1) is 47.7. The number of carbonyl (C=O) groups is 2. The number of aliphatic hydroxyl groups excluding tert-OH is 1. The first-order chi connectivity index (χ1) is 24.2. The number of aliphatic hydroxyl groups is 1. The molecule has 0 heterocycles. The second kappa shape index (κ2) is 35.1. The molecule has 11 heteroatoms. The second-order valence-corrected chi connectivity index (χ2v) is 13.7. The predicted molar refractivity (Wildman–Crippen MR) is 202 cm³/mol. The summed E-state index contributed by atoms with van der Waals surface area (Å²) in [4.78, 5) is 34.6. The summed E-state index contributed by atoms with van der Waals surface area (Å²) in [7, 11) is -4.40. The molecular weight excluding hydrogens is 657 g/mol. The van der Waals surface area contributed by atoms with Gasteiger partial charge in [0.05, 0.1) is 19.3 Å². The molecule has 0 saturated heterocycles. The summed E-state index contributed by atoms with van der Waals surface area (Å²) in [5.41, 5.74) is 5.32. The zero-order chi connectivity index (χ0) is 37.0. The molecule has 0 saturated carbocycles. The molecule has 4 N–H and O–H groups in total. The number of hydrogen-bond donors (Lipinski definition) is 3. The molecular formula is C39H68NO9P. The van der Waals surface area contributed by atoms with Crippen molar-refractivity contribution in [2.24, 2.45) is 5.73 Å². The topological polar surface area (TPSA) is 155 Å². The van der Waals surface area contributed by atoms with E-state index in [2.05, 4.69) is 32.1 Å². The third kappa shape index (κ3) is 34.1. The molecule has 0 amide bonds. The van der Waals surface area contributed by atoms with Crippen LogP contribution in [0.4, 0.5) is 0 Å². The SMILES string of the molecule is CCCC/C=C\CCCCCCCC(=O)OC[C@H](COP(=O)(O)OCCN)OC(=O)CCC/C=C\C/C=C\C=C\[C@@H](O)C/C=C\CCCCC. The lowest BCUT2D eigenvalue weighted by molar-refractivity contribution is -0.161. The molecule has 3 atom stereocenters. The molecule has 0 aliphatic rings. The van der Waals surface area contributed by atoms with Crippen LogP contribution in [0.25, 0.3) is 0 Å². The highest BCUT2D eigenvalue weighted by Crippen LogP contribution is 2.43. The largest absolute Gasteiger partial charge is 0.472 e. The number of unbranched alkanes of at least 4 members (excludes halogenated alkanes) is 11. The molecule has 0 aromatic carbocycles. The third-order valence-corrected chi connectivity index (χ3v) is 8.44. The van der Waals surface area contributed by atoms with Gasteiger partial charge in [-0.05, 0) is 64.2 Å². The van der Waals surface area contributed by atoms with Crippen LogP contribution in [0.15, 0.2) is 60.8 Å². The normalized spacial score (nSPS) is 14.7. The Hall–Kier alpha value is -2.33. The molecule has 0 bridgehead atoms. The Bertz CT molecular complexity index is 1030. The summed E-state index contributed by atoms with van der Waals surface area (Å²) in [6.45, 7) is 3.46. The maximum Gasteiger partial charge on any atom is 0.472 e. The summed E-state index contributed by atoms with van der Waals surface area (Å²) >= 11 is 0. The van der Waals surface area contributed by atoms with Gasteiger partial charge in [0.2, 0.25) is 0 Å². The smallest absolute Gasteiger partial charge is 0.462 e. The number of carbonyl (C=O) groups excluding carboxylic acids is 2. The van der Waals surface area contributed by atoms with Crippen molar-refractivity contribution in [1.82, 2.24) is 0 Å². The number of ether oxygens (including phenoxy) is 2. The van der Waals surface area contributed by atoms with Crippen LogP contribution in [0.5, 0.6) is 0 Å². The summed E-state index contributed by atoms with van der Waals surface area (Å²) in [6, 6.07) is 0. The highest BCUT2D eigenvalue weighted by Gasteiger charge is 2.25. The summed E-state index contributed by atoms with van der Waals surface area (Å²) in [5.74, 6) is -0.953. The summed E-state index contributed by atoms with van der Waals surface area (Å²) in [6.07, 6.45) is 35.7. The van der Waals surface area contributed by atoms with Crippen LogP contribution in [-0.4, -0.2) is 60.5 Å². The minimum Gasteiger partial charge on any atom is -0.462 e. The Morgan fingerprint density at radius 2 is 1.32 bits per heavy atom. The highest BCUT2D eigenvalue weighted by molar-refractivity contribution is 7.47. The molecule has 0 spiro atoms. The second-order valence-electron chi connectivity index (χ2n) is 12.3. The molecule has 1 unspecified atom stereocenters. The molecule has 50 heavy (non-hydrogen) atoms. The average Bonchev–Trinajstić information content (AvgIpc) is 3.09. The van der Waals surface area contributed by atoms with Crippen LogP contribution >= 0.6 is 7.82 Å². The zero-order valence-electron chi connectivity index (χ0n) is 31.0.